The first kappa shape index (κ1) is 14.5. The Morgan fingerprint density at radius 1 is 1.26 bits per heavy atom. The van der Waals surface area contributed by atoms with E-state index >= 15 is 0 Å². The summed E-state index contributed by atoms with van der Waals surface area (Å²) in [5.74, 6) is 0. The number of likely N-dealkylation sites (tertiary alicyclic amines) is 1. The average molecular weight is 260 g/mol. The fraction of sp³-hybridized carbons (Fsp3) is 0.647. The first-order valence-electron chi connectivity index (χ1n) is 7.86. The van der Waals surface area contributed by atoms with Crippen LogP contribution in [0.3, 0.4) is 0 Å². The highest BCUT2D eigenvalue weighted by atomic mass is 15.2. The molecular weight excluding hydrogens is 232 g/mol. The second kappa shape index (κ2) is 7.66. The Balaban J connectivity index is 1.83. The van der Waals surface area contributed by atoms with Crippen LogP contribution in [0.25, 0.3) is 0 Å². The molecule has 1 heterocycles. The van der Waals surface area contributed by atoms with Gasteiger partial charge in [0.1, 0.15) is 0 Å². The van der Waals surface area contributed by atoms with E-state index in [-0.39, 0.29) is 6.04 Å². The van der Waals surface area contributed by atoms with Crippen molar-refractivity contribution in [3.05, 3.63) is 35.9 Å². The molecule has 0 amide bonds. The summed E-state index contributed by atoms with van der Waals surface area (Å²) in [6, 6.07) is 11.5. The molecule has 0 spiro atoms. The molecule has 2 unspecified atom stereocenters. The molecule has 1 aromatic rings. The van der Waals surface area contributed by atoms with E-state index in [4.69, 9.17) is 5.73 Å². The van der Waals surface area contributed by atoms with Crippen molar-refractivity contribution in [2.75, 3.05) is 13.1 Å². The second-order valence-corrected chi connectivity index (χ2v) is 5.78. The molecule has 0 saturated carbocycles. The van der Waals surface area contributed by atoms with Gasteiger partial charge in [-0.05, 0) is 37.8 Å². The Morgan fingerprint density at radius 2 is 2.05 bits per heavy atom. The van der Waals surface area contributed by atoms with Crippen LogP contribution in [0, 0.1) is 0 Å². The number of rotatable bonds is 6. The van der Waals surface area contributed by atoms with Crippen molar-refractivity contribution in [1.29, 1.82) is 0 Å². The third kappa shape index (κ3) is 4.32. The predicted octanol–water partition coefficient (Wildman–Crippen LogP) is 3.73. The summed E-state index contributed by atoms with van der Waals surface area (Å²) < 4.78 is 0. The van der Waals surface area contributed by atoms with E-state index in [2.05, 4.69) is 42.2 Å². The van der Waals surface area contributed by atoms with E-state index in [1.165, 1.54) is 44.2 Å². The van der Waals surface area contributed by atoms with Gasteiger partial charge in [-0.25, -0.2) is 0 Å². The maximum Gasteiger partial charge on any atom is 0.0307 e. The van der Waals surface area contributed by atoms with Gasteiger partial charge in [0.15, 0.2) is 0 Å². The Labute approximate surface area is 118 Å². The summed E-state index contributed by atoms with van der Waals surface area (Å²) >= 11 is 0. The summed E-state index contributed by atoms with van der Waals surface area (Å²) in [5, 5.41) is 0. The molecule has 0 bridgehead atoms. The molecule has 2 nitrogen and oxygen atoms in total. The Hall–Kier alpha value is -0.860. The fourth-order valence-electron chi connectivity index (χ4n) is 3.19. The Kier molecular flexibility index (Phi) is 5.87. The molecule has 2 N–H and O–H groups in total. The second-order valence-electron chi connectivity index (χ2n) is 5.78. The van der Waals surface area contributed by atoms with Gasteiger partial charge < -0.3 is 10.6 Å². The van der Waals surface area contributed by atoms with Crippen molar-refractivity contribution in [1.82, 2.24) is 4.90 Å². The molecule has 106 valence electrons. The van der Waals surface area contributed by atoms with Gasteiger partial charge in [-0.3, -0.25) is 0 Å². The topological polar surface area (TPSA) is 29.3 Å². The lowest BCUT2D eigenvalue weighted by molar-refractivity contribution is 0.135. The maximum absolute atomic E-state index is 6.30. The first-order valence-corrected chi connectivity index (χ1v) is 7.86. The largest absolute Gasteiger partial charge is 0.324 e. The molecular formula is C17H28N2. The molecule has 19 heavy (non-hydrogen) atoms. The highest BCUT2D eigenvalue weighted by Gasteiger charge is 2.21. The van der Waals surface area contributed by atoms with E-state index in [0.717, 1.165) is 19.0 Å². The molecule has 1 aliphatic rings. The smallest absolute Gasteiger partial charge is 0.0307 e. The van der Waals surface area contributed by atoms with E-state index < -0.39 is 0 Å². The molecule has 0 aromatic heterocycles. The summed E-state index contributed by atoms with van der Waals surface area (Å²) in [4.78, 5) is 2.68. The summed E-state index contributed by atoms with van der Waals surface area (Å²) in [5.41, 5.74) is 7.57. The van der Waals surface area contributed by atoms with Crippen LogP contribution >= 0.6 is 0 Å². The van der Waals surface area contributed by atoms with Crippen LogP contribution in [-0.4, -0.2) is 24.0 Å². The van der Waals surface area contributed by atoms with E-state index in [0.29, 0.717) is 0 Å². The van der Waals surface area contributed by atoms with Crippen molar-refractivity contribution in [3.63, 3.8) is 0 Å². The number of piperidine rings is 1. The molecule has 2 heteroatoms. The molecule has 0 radical (unpaired) electrons. The van der Waals surface area contributed by atoms with Gasteiger partial charge in [0.25, 0.3) is 0 Å². The van der Waals surface area contributed by atoms with Crippen LogP contribution in [-0.2, 0) is 0 Å². The lowest BCUT2D eigenvalue weighted by Crippen LogP contribution is -2.40. The third-order valence-corrected chi connectivity index (χ3v) is 4.33. The Bertz CT molecular complexity index is 348. The number of nitrogens with zero attached hydrogens (tertiary/aromatic N) is 1. The van der Waals surface area contributed by atoms with Crippen LogP contribution in [0.5, 0.6) is 0 Å². The van der Waals surface area contributed by atoms with Gasteiger partial charge in [-0.1, -0.05) is 50.1 Å². The lowest BCUT2D eigenvalue weighted by atomic mass is 9.97. The van der Waals surface area contributed by atoms with Gasteiger partial charge in [0.2, 0.25) is 0 Å². The fourth-order valence-corrected chi connectivity index (χ4v) is 3.19. The van der Waals surface area contributed by atoms with Crippen LogP contribution in [0.15, 0.2) is 30.3 Å². The zero-order valence-corrected chi connectivity index (χ0v) is 12.2. The van der Waals surface area contributed by atoms with E-state index in [1.807, 2.05) is 0 Å². The van der Waals surface area contributed by atoms with Crippen LogP contribution in [0.1, 0.15) is 57.1 Å². The number of benzene rings is 1. The molecule has 2 rings (SSSR count). The number of hydrogen-bond acceptors (Lipinski definition) is 2. The van der Waals surface area contributed by atoms with Gasteiger partial charge in [0.05, 0.1) is 0 Å². The molecule has 0 aliphatic carbocycles. The summed E-state index contributed by atoms with van der Waals surface area (Å²) in [6.07, 6.45) is 7.87. The average Bonchev–Trinajstić information content (AvgIpc) is 2.47. The van der Waals surface area contributed by atoms with Crippen LogP contribution < -0.4 is 5.73 Å². The van der Waals surface area contributed by atoms with Gasteiger partial charge in [-0.2, -0.15) is 0 Å². The summed E-state index contributed by atoms with van der Waals surface area (Å²) in [7, 11) is 0. The zero-order chi connectivity index (χ0) is 13.5. The molecule has 1 fully saturated rings. The van der Waals surface area contributed by atoms with Crippen molar-refractivity contribution >= 4 is 0 Å². The van der Waals surface area contributed by atoms with E-state index in [1.54, 1.807) is 0 Å². The minimum atomic E-state index is 0.186. The minimum Gasteiger partial charge on any atom is -0.324 e. The molecule has 1 saturated heterocycles. The van der Waals surface area contributed by atoms with Crippen molar-refractivity contribution in [2.45, 2.75) is 57.5 Å². The van der Waals surface area contributed by atoms with Crippen LogP contribution in [0.2, 0.25) is 0 Å². The minimum absolute atomic E-state index is 0.186. The van der Waals surface area contributed by atoms with Crippen LogP contribution in [0.4, 0.5) is 0 Å². The first-order chi connectivity index (χ1) is 9.31. The van der Waals surface area contributed by atoms with Gasteiger partial charge >= 0.3 is 0 Å². The van der Waals surface area contributed by atoms with Gasteiger partial charge in [0, 0.05) is 18.6 Å². The highest BCUT2D eigenvalue weighted by Crippen LogP contribution is 2.22. The normalized spacial score (nSPS) is 22.3. The van der Waals surface area contributed by atoms with Crippen molar-refractivity contribution in [2.24, 2.45) is 5.73 Å². The predicted molar refractivity (Wildman–Crippen MR) is 82.1 cm³/mol. The lowest BCUT2D eigenvalue weighted by Gasteiger charge is -2.36. The maximum atomic E-state index is 6.30. The summed E-state index contributed by atoms with van der Waals surface area (Å²) in [6.45, 7) is 4.72. The monoisotopic (exact) mass is 260 g/mol. The number of nitrogens with two attached hydrogens (primary N) is 1. The Morgan fingerprint density at radius 3 is 2.79 bits per heavy atom. The van der Waals surface area contributed by atoms with Crippen molar-refractivity contribution in [3.8, 4) is 0 Å². The quantitative estimate of drug-likeness (QED) is 0.844. The number of hydrogen-bond donors (Lipinski definition) is 1. The molecule has 1 aromatic carbocycles. The third-order valence-electron chi connectivity index (χ3n) is 4.33. The van der Waals surface area contributed by atoms with Crippen molar-refractivity contribution < 1.29 is 0 Å². The van der Waals surface area contributed by atoms with Gasteiger partial charge in [-0.15, -0.1) is 0 Å². The zero-order valence-electron chi connectivity index (χ0n) is 12.2. The molecule has 2 atom stereocenters. The molecule has 1 aliphatic heterocycles. The SMILES string of the molecule is CCCC1CCCCN1CCC(N)c1ccccc1. The standard InChI is InChI=1S/C17H28N2/c1-2-8-16-11-6-7-13-19(16)14-12-17(18)15-9-4-3-5-10-15/h3-5,9-10,16-17H,2,6-8,11-14,18H2,1H3. The highest BCUT2D eigenvalue weighted by molar-refractivity contribution is 5.18. The van der Waals surface area contributed by atoms with E-state index in [9.17, 15) is 0 Å².